The first-order chi connectivity index (χ1) is 11.4. The minimum absolute atomic E-state index is 0.0968. The van der Waals surface area contributed by atoms with Crippen molar-refractivity contribution in [3.63, 3.8) is 0 Å². The molecular formula is C17H20N2O4S. The van der Waals surface area contributed by atoms with E-state index in [0.29, 0.717) is 17.7 Å². The average molecular weight is 348 g/mol. The largest absolute Gasteiger partial charge is 0.465 e. The normalized spacial score (nSPS) is 10.9. The summed E-state index contributed by atoms with van der Waals surface area (Å²) in [7, 11) is -1.95. The first-order valence-electron chi connectivity index (χ1n) is 7.49. The van der Waals surface area contributed by atoms with Gasteiger partial charge in [-0.3, -0.25) is 4.72 Å². The highest BCUT2D eigenvalue weighted by Crippen LogP contribution is 2.20. The van der Waals surface area contributed by atoms with Crippen LogP contribution in [0.5, 0.6) is 0 Å². The summed E-state index contributed by atoms with van der Waals surface area (Å²) in [5, 5.41) is 3.17. The van der Waals surface area contributed by atoms with Gasteiger partial charge in [0.1, 0.15) is 0 Å². The number of hydrogen-bond acceptors (Lipinski definition) is 5. The van der Waals surface area contributed by atoms with Crippen molar-refractivity contribution < 1.29 is 17.9 Å². The Morgan fingerprint density at radius 3 is 1.96 bits per heavy atom. The second-order valence-electron chi connectivity index (χ2n) is 5.19. The molecule has 0 fully saturated rings. The molecule has 7 heteroatoms. The SMILES string of the molecule is CCCS(=O)(=O)Nc1ccc(Nc2ccc(C(=O)OC)cc2)cc1. The summed E-state index contributed by atoms with van der Waals surface area (Å²) in [6.07, 6.45) is 0.566. The standard InChI is InChI=1S/C17H20N2O4S/c1-3-12-24(21,22)19-16-10-8-15(9-11-16)18-14-6-4-13(5-7-14)17(20)23-2/h4-11,18-19H,3,12H2,1-2H3. The summed E-state index contributed by atoms with van der Waals surface area (Å²) in [6, 6.07) is 13.8. The molecule has 2 aromatic carbocycles. The zero-order valence-electron chi connectivity index (χ0n) is 13.6. The molecule has 2 aromatic rings. The third-order valence-corrected chi connectivity index (χ3v) is 4.72. The van der Waals surface area contributed by atoms with Crippen LogP contribution < -0.4 is 10.0 Å². The fraction of sp³-hybridized carbons (Fsp3) is 0.235. The third-order valence-electron chi connectivity index (χ3n) is 3.23. The van der Waals surface area contributed by atoms with E-state index in [1.807, 2.05) is 6.92 Å². The van der Waals surface area contributed by atoms with Crippen LogP contribution in [-0.2, 0) is 14.8 Å². The summed E-state index contributed by atoms with van der Waals surface area (Å²) in [5.74, 6) is -0.287. The number of carbonyl (C=O) groups is 1. The topological polar surface area (TPSA) is 84.5 Å². The van der Waals surface area contributed by atoms with Crippen molar-refractivity contribution in [1.29, 1.82) is 0 Å². The molecule has 2 rings (SSSR count). The van der Waals surface area contributed by atoms with Crippen LogP contribution in [0, 0.1) is 0 Å². The highest BCUT2D eigenvalue weighted by molar-refractivity contribution is 7.92. The first kappa shape index (κ1) is 17.8. The molecule has 24 heavy (non-hydrogen) atoms. The van der Waals surface area contributed by atoms with E-state index < -0.39 is 10.0 Å². The summed E-state index contributed by atoms with van der Waals surface area (Å²) in [5.41, 5.74) is 2.61. The molecule has 0 aliphatic carbocycles. The summed E-state index contributed by atoms with van der Waals surface area (Å²) in [4.78, 5) is 11.4. The lowest BCUT2D eigenvalue weighted by molar-refractivity contribution is 0.0601. The van der Waals surface area contributed by atoms with Gasteiger partial charge in [0.25, 0.3) is 0 Å². The number of rotatable bonds is 7. The lowest BCUT2D eigenvalue weighted by Crippen LogP contribution is -2.15. The van der Waals surface area contributed by atoms with E-state index in [9.17, 15) is 13.2 Å². The molecule has 0 bridgehead atoms. The van der Waals surface area contributed by atoms with E-state index in [1.165, 1.54) is 7.11 Å². The zero-order valence-corrected chi connectivity index (χ0v) is 14.4. The summed E-state index contributed by atoms with van der Waals surface area (Å²) < 4.78 is 30.6. The average Bonchev–Trinajstić information content (AvgIpc) is 2.56. The second-order valence-corrected chi connectivity index (χ2v) is 7.03. The Labute approximate surface area is 141 Å². The molecule has 0 unspecified atom stereocenters. The highest BCUT2D eigenvalue weighted by atomic mass is 32.2. The Morgan fingerprint density at radius 2 is 1.46 bits per heavy atom. The molecule has 0 aliphatic rings. The molecule has 0 aromatic heterocycles. The molecule has 0 amide bonds. The second kappa shape index (κ2) is 7.83. The van der Waals surface area contributed by atoms with Crippen molar-refractivity contribution >= 4 is 33.1 Å². The van der Waals surface area contributed by atoms with Crippen molar-refractivity contribution in [3.05, 3.63) is 54.1 Å². The molecule has 6 nitrogen and oxygen atoms in total. The summed E-state index contributed by atoms with van der Waals surface area (Å²) >= 11 is 0. The molecule has 0 heterocycles. The highest BCUT2D eigenvalue weighted by Gasteiger charge is 2.08. The Balaban J connectivity index is 2.02. The Hall–Kier alpha value is -2.54. The fourth-order valence-corrected chi connectivity index (χ4v) is 3.23. The summed E-state index contributed by atoms with van der Waals surface area (Å²) in [6.45, 7) is 1.82. The number of esters is 1. The maximum atomic E-state index is 11.7. The van der Waals surface area contributed by atoms with Crippen molar-refractivity contribution in [2.75, 3.05) is 22.9 Å². The molecule has 0 saturated carbocycles. The molecule has 0 spiro atoms. The molecule has 128 valence electrons. The van der Waals surface area contributed by atoms with E-state index in [0.717, 1.165) is 11.4 Å². The smallest absolute Gasteiger partial charge is 0.337 e. The number of sulfonamides is 1. The number of anilines is 3. The number of carbonyl (C=O) groups excluding carboxylic acids is 1. The van der Waals surface area contributed by atoms with E-state index in [2.05, 4.69) is 14.8 Å². The van der Waals surface area contributed by atoms with Crippen LogP contribution in [0.1, 0.15) is 23.7 Å². The van der Waals surface area contributed by atoms with Crippen LogP contribution in [0.3, 0.4) is 0 Å². The molecule has 0 aliphatic heterocycles. The van der Waals surface area contributed by atoms with Crippen LogP contribution in [-0.4, -0.2) is 27.2 Å². The van der Waals surface area contributed by atoms with E-state index >= 15 is 0 Å². The van der Waals surface area contributed by atoms with Gasteiger partial charge in [-0.15, -0.1) is 0 Å². The monoisotopic (exact) mass is 348 g/mol. The van der Waals surface area contributed by atoms with Gasteiger partial charge in [-0.1, -0.05) is 6.92 Å². The third kappa shape index (κ3) is 4.99. The van der Waals surface area contributed by atoms with Crippen LogP contribution in [0.2, 0.25) is 0 Å². The number of hydrogen-bond donors (Lipinski definition) is 2. The van der Waals surface area contributed by atoms with Gasteiger partial charge in [0.05, 0.1) is 18.4 Å². The number of methoxy groups -OCH3 is 1. The van der Waals surface area contributed by atoms with E-state index in [1.54, 1.807) is 48.5 Å². The van der Waals surface area contributed by atoms with Crippen molar-refractivity contribution in [3.8, 4) is 0 Å². The van der Waals surface area contributed by atoms with Gasteiger partial charge in [-0.05, 0) is 55.0 Å². The van der Waals surface area contributed by atoms with Crippen LogP contribution in [0.25, 0.3) is 0 Å². The van der Waals surface area contributed by atoms with Gasteiger partial charge in [0, 0.05) is 17.1 Å². The van der Waals surface area contributed by atoms with E-state index in [4.69, 9.17) is 0 Å². The predicted octanol–water partition coefficient (Wildman–Crippen LogP) is 3.37. The minimum Gasteiger partial charge on any atom is -0.465 e. The van der Waals surface area contributed by atoms with Gasteiger partial charge in [0.15, 0.2) is 0 Å². The molecule has 0 atom stereocenters. The van der Waals surface area contributed by atoms with Gasteiger partial charge in [-0.2, -0.15) is 0 Å². The minimum atomic E-state index is -3.29. The van der Waals surface area contributed by atoms with Crippen molar-refractivity contribution in [2.45, 2.75) is 13.3 Å². The van der Waals surface area contributed by atoms with Crippen LogP contribution in [0.4, 0.5) is 17.1 Å². The van der Waals surface area contributed by atoms with E-state index in [-0.39, 0.29) is 11.7 Å². The van der Waals surface area contributed by atoms with Crippen molar-refractivity contribution in [1.82, 2.24) is 0 Å². The number of benzene rings is 2. The van der Waals surface area contributed by atoms with Crippen LogP contribution in [0.15, 0.2) is 48.5 Å². The Morgan fingerprint density at radius 1 is 0.958 bits per heavy atom. The zero-order chi connectivity index (χ0) is 17.6. The molecule has 0 radical (unpaired) electrons. The first-order valence-corrected chi connectivity index (χ1v) is 9.14. The van der Waals surface area contributed by atoms with Gasteiger partial charge in [-0.25, -0.2) is 13.2 Å². The number of nitrogens with one attached hydrogen (secondary N) is 2. The fourth-order valence-electron chi connectivity index (χ4n) is 2.10. The lowest BCUT2D eigenvalue weighted by Gasteiger charge is -2.10. The van der Waals surface area contributed by atoms with Gasteiger partial charge in [0.2, 0.25) is 10.0 Å². The maximum Gasteiger partial charge on any atom is 0.337 e. The molecule has 2 N–H and O–H groups in total. The quantitative estimate of drug-likeness (QED) is 0.750. The molecule has 0 saturated heterocycles. The maximum absolute atomic E-state index is 11.7. The van der Waals surface area contributed by atoms with Gasteiger partial charge < -0.3 is 10.1 Å². The lowest BCUT2D eigenvalue weighted by atomic mass is 10.2. The Kier molecular flexibility index (Phi) is 5.81. The van der Waals surface area contributed by atoms with Crippen molar-refractivity contribution in [2.24, 2.45) is 0 Å². The van der Waals surface area contributed by atoms with Crippen LogP contribution >= 0.6 is 0 Å². The van der Waals surface area contributed by atoms with Gasteiger partial charge >= 0.3 is 5.97 Å². The molecular weight excluding hydrogens is 328 g/mol. The predicted molar refractivity (Wildman–Crippen MR) is 95.2 cm³/mol. The number of ether oxygens (including phenoxy) is 1. The Bertz CT molecular complexity index is 784.